The minimum Gasteiger partial charge on any atom is -0.367 e. The highest BCUT2D eigenvalue weighted by molar-refractivity contribution is 7.92. The standard InChI is InChI=1S/C37H47Cl2N3O4S/c1-27(36(43)40-24-20-29-18-22-37(23-19-29,41(2)3)21-17-28-9-5-4-6-10-28)46-26-31-14-13-30-11-7-8-12-35(30)42(31)47(44,45)32-15-16-33(38)34(39)25-32/h4-12,15-16,25,27,29,31H,13-14,17-24,26H2,1-3H3,(H,40,43). The molecule has 0 bridgehead atoms. The maximum atomic E-state index is 14.0. The van der Waals surface area contributed by atoms with E-state index in [0.717, 1.165) is 50.5 Å². The van der Waals surface area contributed by atoms with E-state index in [1.165, 1.54) is 28.1 Å². The van der Waals surface area contributed by atoms with Crippen LogP contribution >= 0.6 is 23.2 Å². The lowest BCUT2D eigenvalue weighted by atomic mass is 9.72. The van der Waals surface area contributed by atoms with Crippen molar-refractivity contribution in [1.82, 2.24) is 10.2 Å². The second kappa shape index (κ2) is 15.7. The zero-order chi connectivity index (χ0) is 33.6. The fourth-order valence-corrected chi connectivity index (χ4v) is 9.21. The van der Waals surface area contributed by atoms with E-state index in [9.17, 15) is 13.2 Å². The average molecular weight is 701 g/mol. The fraction of sp³-hybridized carbons (Fsp3) is 0.486. The van der Waals surface area contributed by atoms with Crippen LogP contribution in [0.3, 0.4) is 0 Å². The van der Waals surface area contributed by atoms with Gasteiger partial charge in [-0.1, -0.05) is 71.7 Å². The molecule has 254 valence electrons. The number of hydrogen-bond acceptors (Lipinski definition) is 5. The lowest BCUT2D eigenvalue weighted by Crippen LogP contribution is -2.48. The molecule has 7 nitrogen and oxygen atoms in total. The van der Waals surface area contributed by atoms with Crippen molar-refractivity contribution >= 4 is 44.8 Å². The number of para-hydroxylation sites is 1. The van der Waals surface area contributed by atoms with Gasteiger partial charge in [0.05, 0.1) is 33.3 Å². The summed E-state index contributed by atoms with van der Waals surface area (Å²) >= 11 is 12.3. The van der Waals surface area contributed by atoms with Gasteiger partial charge >= 0.3 is 0 Å². The van der Waals surface area contributed by atoms with Crippen molar-refractivity contribution in [2.45, 2.75) is 87.3 Å². The van der Waals surface area contributed by atoms with E-state index in [2.05, 4.69) is 54.6 Å². The fourth-order valence-electron chi connectivity index (χ4n) is 7.12. The number of ether oxygens (including phenoxy) is 1. The monoisotopic (exact) mass is 699 g/mol. The second-order valence-electron chi connectivity index (χ2n) is 13.3. The van der Waals surface area contributed by atoms with Crippen LogP contribution in [-0.4, -0.2) is 64.2 Å². The Morgan fingerprint density at radius 1 is 1.00 bits per heavy atom. The number of benzene rings is 3. The third kappa shape index (κ3) is 8.52. The molecule has 1 fully saturated rings. The first-order chi connectivity index (χ1) is 22.5. The molecule has 1 heterocycles. The number of carbonyl (C=O) groups excluding carboxylic acids is 1. The summed E-state index contributed by atoms with van der Waals surface area (Å²) in [6, 6.07) is 22.1. The molecule has 0 spiro atoms. The van der Waals surface area contributed by atoms with E-state index in [1.807, 2.05) is 24.3 Å². The number of nitrogens with zero attached hydrogens (tertiary/aromatic N) is 2. The van der Waals surface area contributed by atoms with Crippen LogP contribution in [0.5, 0.6) is 0 Å². The number of amides is 1. The molecule has 3 aromatic rings. The molecule has 1 aliphatic carbocycles. The molecule has 1 amide bonds. The summed E-state index contributed by atoms with van der Waals surface area (Å²) in [7, 11) is 0.435. The maximum absolute atomic E-state index is 14.0. The Labute approximate surface area is 290 Å². The molecule has 0 saturated heterocycles. The van der Waals surface area contributed by atoms with Crippen LogP contribution in [0.25, 0.3) is 0 Å². The van der Waals surface area contributed by atoms with E-state index in [0.29, 0.717) is 31.0 Å². The zero-order valence-corrected chi connectivity index (χ0v) is 30.0. The van der Waals surface area contributed by atoms with Gasteiger partial charge < -0.3 is 15.0 Å². The zero-order valence-electron chi connectivity index (χ0n) is 27.6. The largest absolute Gasteiger partial charge is 0.367 e. The molecule has 47 heavy (non-hydrogen) atoms. The highest BCUT2D eigenvalue weighted by atomic mass is 35.5. The predicted molar refractivity (Wildman–Crippen MR) is 191 cm³/mol. The van der Waals surface area contributed by atoms with E-state index in [4.69, 9.17) is 27.9 Å². The molecular formula is C37H47Cl2N3O4S. The van der Waals surface area contributed by atoms with Crippen molar-refractivity contribution < 1.29 is 17.9 Å². The van der Waals surface area contributed by atoms with Crippen molar-refractivity contribution in [3.63, 3.8) is 0 Å². The Balaban J connectivity index is 1.13. The molecule has 5 rings (SSSR count). The van der Waals surface area contributed by atoms with Crippen LogP contribution in [0.2, 0.25) is 10.0 Å². The molecule has 1 N–H and O–H groups in total. The van der Waals surface area contributed by atoms with Gasteiger partial charge in [-0.15, -0.1) is 0 Å². The average Bonchev–Trinajstić information content (AvgIpc) is 3.08. The number of fused-ring (bicyclic) bond motifs is 1. The number of halogens is 2. The molecule has 0 aromatic heterocycles. The van der Waals surface area contributed by atoms with Crippen molar-refractivity contribution in [2.24, 2.45) is 5.92 Å². The number of rotatable bonds is 13. The van der Waals surface area contributed by atoms with E-state index in [-0.39, 0.29) is 33.0 Å². The first-order valence-corrected chi connectivity index (χ1v) is 18.9. The number of nitrogens with one attached hydrogen (secondary N) is 1. The van der Waals surface area contributed by atoms with E-state index in [1.54, 1.807) is 6.92 Å². The molecule has 2 unspecified atom stereocenters. The summed E-state index contributed by atoms with van der Waals surface area (Å²) in [6.45, 7) is 2.41. The molecule has 1 saturated carbocycles. The number of sulfonamides is 1. The predicted octanol–water partition coefficient (Wildman–Crippen LogP) is 7.54. The molecule has 1 aliphatic heterocycles. The number of aryl methyl sites for hydroxylation is 2. The summed E-state index contributed by atoms with van der Waals surface area (Å²) < 4.78 is 35.4. The van der Waals surface area contributed by atoms with Gasteiger partial charge in [0.1, 0.15) is 6.10 Å². The Morgan fingerprint density at radius 3 is 2.40 bits per heavy atom. The highest BCUT2D eigenvalue weighted by Gasteiger charge is 2.38. The Hall–Kier alpha value is -2.62. The van der Waals surface area contributed by atoms with Crippen LogP contribution in [0, 0.1) is 5.92 Å². The smallest absolute Gasteiger partial charge is 0.264 e. The van der Waals surface area contributed by atoms with Crippen molar-refractivity contribution in [3.05, 3.63) is 94.0 Å². The van der Waals surface area contributed by atoms with Gasteiger partial charge in [-0.25, -0.2) is 8.42 Å². The van der Waals surface area contributed by atoms with Crippen LogP contribution in [0.15, 0.2) is 77.7 Å². The lowest BCUT2D eigenvalue weighted by Gasteiger charge is -2.45. The quantitative estimate of drug-likeness (QED) is 0.200. The van der Waals surface area contributed by atoms with Crippen LogP contribution in [-0.2, 0) is 32.4 Å². The van der Waals surface area contributed by atoms with Gasteiger partial charge in [-0.2, -0.15) is 0 Å². The van der Waals surface area contributed by atoms with Crippen molar-refractivity contribution in [1.29, 1.82) is 0 Å². The van der Waals surface area contributed by atoms with Crippen molar-refractivity contribution in [3.8, 4) is 0 Å². The van der Waals surface area contributed by atoms with E-state index < -0.39 is 22.2 Å². The van der Waals surface area contributed by atoms with Crippen LogP contribution < -0.4 is 9.62 Å². The van der Waals surface area contributed by atoms with Gasteiger partial charge in [-0.3, -0.25) is 9.10 Å². The van der Waals surface area contributed by atoms with Gasteiger partial charge in [-0.05, 0) is 120 Å². The molecule has 2 atom stereocenters. The Kier molecular flexibility index (Phi) is 11.9. The second-order valence-corrected chi connectivity index (χ2v) is 15.9. The van der Waals surface area contributed by atoms with Crippen molar-refractivity contribution in [2.75, 3.05) is 31.6 Å². The normalized spacial score (nSPS) is 22.1. The molecule has 3 aromatic carbocycles. The summed E-state index contributed by atoms with van der Waals surface area (Å²) in [5.74, 6) is 0.403. The Bertz CT molecular complexity index is 1610. The third-order valence-electron chi connectivity index (χ3n) is 10.2. The lowest BCUT2D eigenvalue weighted by molar-refractivity contribution is -0.132. The summed E-state index contributed by atoms with van der Waals surface area (Å²) in [5.41, 5.74) is 3.17. The first kappa shape index (κ1) is 35.7. The van der Waals surface area contributed by atoms with E-state index >= 15 is 0 Å². The first-order valence-electron chi connectivity index (χ1n) is 16.7. The van der Waals surface area contributed by atoms with Gasteiger partial charge in [0.25, 0.3) is 10.0 Å². The number of hydrogen-bond donors (Lipinski definition) is 1. The summed E-state index contributed by atoms with van der Waals surface area (Å²) in [6.07, 6.45) is 8.37. The van der Waals surface area contributed by atoms with Crippen LogP contribution in [0.4, 0.5) is 5.69 Å². The molecule has 10 heteroatoms. The Morgan fingerprint density at radius 2 is 1.70 bits per heavy atom. The molecule has 2 aliphatic rings. The topological polar surface area (TPSA) is 78.9 Å². The minimum absolute atomic E-state index is 0.0566. The SMILES string of the molecule is CC(OCC1CCc2ccccc2N1S(=O)(=O)c1ccc(Cl)c(Cl)c1)C(=O)NCCC1CCC(CCc2ccccc2)(N(C)C)CC1. The summed E-state index contributed by atoms with van der Waals surface area (Å²) in [4.78, 5) is 15.5. The molecule has 0 radical (unpaired) electrons. The third-order valence-corrected chi connectivity index (χ3v) is 12.8. The van der Waals surface area contributed by atoms with Gasteiger partial charge in [0.2, 0.25) is 5.91 Å². The highest BCUT2D eigenvalue weighted by Crippen LogP contribution is 2.40. The summed E-state index contributed by atoms with van der Waals surface area (Å²) in [5, 5.41) is 3.53. The molecular weight excluding hydrogens is 653 g/mol. The minimum atomic E-state index is -3.98. The van der Waals surface area contributed by atoms with Crippen LogP contribution in [0.1, 0.15) is 63.0 Å². The van der Waals surface area contributed by atoms with Gasteiger partial charge in [0, 0.05) is 12.1 Å². The van der Waals surface area contributed by atoms with Gasteiger partial charge in [0.15, 0.2) is 0 Å². The number of anilines is 1. The maximum Gasteiger partial charge on any atom is 0.264 e. The number of carbonyl (C=O) groups is 1.